The van der Waals surface area contributed by atoms with Gasteiger partial charge in [0.25, 0.3) is 0 Å². The van der Waals surface area contributed by atoms with Gasteiger partial charge in [0.2, 0.25) is 5.91 Å². The van der Waals surface area contributed by atoms with Crippen molar-refractivity contribution in [2.45, 2.75) is 24.5 Å². The fourth-order valence-corrected chi connectivity index (χ4v) is 4.20. The maximum atomic E-state index is 13.7. The third-order valence-electron chi connectivity index (χ3n) is 5.85. The van der Waals surface area contributed by atoms with Crippen molar-refractivity contribution in [2.24, 2.45) is 0 Å². The van der Waals surface area contributed by atoms with Crippen LogP contribution in [0.2, 0.25) is 0 Å². The molecule has 0 saturated carbocycles. The van der Waals surface area contributed by atoms with Crippen molar-refractivity contribution in [1.29, 1.82) is 0 Å². The molecule has 3 aliphatic rings. The Labute approximate surface area is 148 Å². The fourth-order valence-electron chi connectivity index (χ4n) is 4.20. The van der Waals surface area contributed by atoms with Gasteiger partial charge in [-0.1, -0.05) is 18.2 Å². The molecule has 0 N–H and O–H groups in total. The van der Waals surface area contributed by atoms with E-state index in [1.165, 1.54) is 6.07 Å². The van der Waals surface area contributed by atoms with E-state index in [1.54, 1.807) is 23.1 Å². The smallest absolute Gasteiger partial charge is 0.227 e. The van der Waals surface area contributed by atoms with E-state index < -0.39 is 0 Å². The molecule has 0 bridgehead atoms. The van der Waals surface area contributed by atoms with Crippen LogP contribution in [0.1, 0.15) is 12.0 Å². The van der Waals surface area contributed by atoms with Crippen LogP contribution in [0, 0.1) is 5.82 Å². The van der Waals surface area contributed by atoms with Crippen molar-refractivity contribution in [3.05, 3.63) is 35.6 Å². The van der Waals surface area contributed by atoms with Crippen molar-refractivity contribution < 1.29 is 13.9 Å². The Morgan fingerprint density at radius 3 is 2.68 bits per heavy atom. The van der Waals surface area contributed by atoms with Gasteiger partial charge < -0.3 is 14.5 Å². The van der Waals surface area contributed by atoms with Crippen molar-refractivity contribution >= 4 is 5.91 Å². The van der Waals surface area contributed by atoms with E-state index in [9.17, 15) is 9.18 Å². The summed E-state index contributed by atoms with van der Waals surface area (Å²) in [4.78, 5) is 19.1. The molecule has 1 unspecified atom stereocenters. The zero-order valence-corrected chi connectivity index (χ0v) is 14.8. The van der Waals surface area contributed by atoms with Gasteiger partial charge in [0, 0.05) is 32.2 Å². The van der Waals surface area contributed by atoms with Crippen LogP contribution in [0.3, 0.4) is 0 Å². The number of carbonyl (C=O) groups excluding carboxylic acids is 1. The monoisotopic (exact) mass is 347 g/mol. The molecule has 0 aliphatic carbocycles. The van der Waals surface area contributed by atoms with E-state index in [-0.39, 0.29) is 23.7 Å². The first-order chi connectivity index (χ1) is 12.0. The number of rotatable bonds is 3. The minimum atomic E-state index is -0.307. The van der Waals surface area contributed by atoms with Crippen LogP contribution in [0.4, 0.5) is 4.39 Å². The summed E-state index contributed by atoms with van der Waals surface area (Å²) in [6.45, 7) is 6.45. The number of nitrogens with zero attached hydrogens (tertiary/aromatic N) is 3. The maximum absolute atomic E-state index is 13.7. The summed E-state index contributed by atoms with van der Waals surface area (Å²) in [5, 5.41) is 0. The van der Waals surface area contributed by atoms with Gasteiger partial charge in [-0.2, -0.15) is 0 Å². The Hall–Kier alpha value is -1.50. The van der Waals surface area contributed by atoms with E-state index >= 15 is 0 Å². The number of hydrogen-bond acceptors (Lipinski definition) is 4. The average Bonchev–Trinajstić information content (AvgIpc) is 3.02. The second-order valence-corrected chi connectivity index (χ2v) is 7.71. The molecule has 4 rings (SSSR count). The average molecular weight is 347 g/mol. The molecular formula is C19H26FN3O2. The molecule has 1 aromatic rings. The summed E-state index contributed by atoms with van der Waals surface area (Å²) in [7, 11) is 2.16. The standard InChI is InChI=1S/C19H26FN3O2/c1-21-6-8-22(9-7-21)16-11-19(25-12-16)13-23(14-19)18(24)10-15-4-2-3-5-17(15)20/h2-5,16H,6-14H2,1H3. The maximum Gasteiger partial charge on any atom is 0.227 e. The van der Waals surface area contributed by atoms with Gasteiger partial charge in [-0.3, -0.25) is 9.69 Å². The van der Waals surface area contributed by atoms with Crippen LogP contribution in [0.25, 0.3) is 0 Å². The number of hydrogen-bond donors (Lipinski definition) is 0. The molecule has 5 nitrogen and oxygen atoms in total. The lowest BCUT2D eigenvalue weighted by Crippen LogP contribution is -2.64. The molecule has 136 valence electrons. The summed E-state index contributed by atoms with van der Waals surface area (Å²) in [6, 6.07) is 6.97. The summed E-state index contributed by atoms with van der Waals surface area (Å²) in [5.41, 5.74) is 0.301. The van der Waals surface area contributed by atoms with Gasteiger partial charge in [-0.05, 0) is 25.1 Å². The van der Waals surface area contributed by atoms with Crippen molar-refractivity contribution in [3.8, 4) is 0 Å². The summed E-state index contributed by atoms with van der Waals surface area (Å²) < 4.78 is 19.8. The SMILES string of the molecule is CN1CCN(C2COC3(C2)CN(C(=O)Cc2ccccc2F)C3)CC1. The highest BCUT2D eigenvalue weighted by Gasteiger charge is 2.52. The number of ether oxygens (including phenoxy) is 1. The Kier molecular flexibility index (Phi) is 4.52. The third-order valence-corrected chi connectivity index (χ3v) is 5.85. The van der Waals surface area contributed by atoms with Crippen molar-refractivity contribution in [2.75, 3.05) is 52.9 Å². The normalized spacial score (nSPS) is 26.8. The first kappa shape index (κ1) is 16.9. The van der Waals surface area contributed by atoms with E-state index in [2.05, 4.69) is 16.8 Å². The van der Waals surface area contributed by atoms with Gasteiger partial charge in [-0.15, -0.1) is 0 Å². The molecule has 25 heavy (non-hydrogen) atoms. The van der Waals surface area contributed by atoms with Crippen molar-refractivity contribution in [3.63, 3.8) is 0 Å². The predicted molar refractivity (Wildman–Crippen MR) is 92.8 cm³/mol. The number of carbonyl (C=O) groups is 1. The fraction of sp³-hybridized carbons (Fsp3) is 0.632. The second-order valence-electron chi connectivity index (χ2n) is 7.71. The summed E-state index contributed by atoms with van der Waals surface area (Å²) in [5.74, 6) is -0.319. The van der Waals surface area contributed by atoms with Gasteiger partial charge in [-0.25, -0.2) is 4.39 Å². The van der Waals surface area contributed by atoms with Gasteiger partial charge >= 0.3 is 0 Å². The molecule has 3 aliphatic heterocycles. The number of piperazine rings is 1. The zero-order chi connectivity index (χ0) is 17.4. The van der Waals surface area contributed by atoms with Gasteiger partial charge in [0.1, 0.15) is 11.4 Å². The highest BCUT2D eigenvalue weighted by atomic mass is 19.1. The van der Waals surface area contributed by atoms with E-state index in [1.807, 2.05) is 0 Å². The first-order valence-corrected chi connectivity index (χ1v) is 9.12. The minimum absolute atomic E-state index is 0.0117. The van der Waals surface area contributed by atoms with Crippen LogP contribution in [0.5, 0.6) is 0 Å². The van der Waals surface area contributed by atoms with E-state index in [4.69, 9.17) is 4.74 Å². The lowest BCUT2D eigenvalue weighted by atomic mass is 9.88. The topological polar surface area (TPSA) is 36.0 Å². The largest absolute Gasteiger partial charge is 0.370 e. The number of likely N-dealkylation sites (tertiary alicyclic amines) is 1. The highest BCUT2D eigenvalue weighted by molar-refractivity contribution is 5.80. The van der Waals surface area contributed by atoms with Crippen molar-refractivity contribution in [1.82, 2.24) is 14.7 Å². The zero-order valence-electron chi connectivity index (χ0n) is 14.8. The number of halogens is 1. The number of benzene rings is 1. The number of likely N-dealkylation sites (N-methyl/N-ethyl adjacent to an activating group) is 1. The lowest BCUT2D eigenvalue weighted by Gasteiger charge is -2.47. The highest BCUT2D eigenvalue weighted by Crippen LogP contribution is 2.37. The van der Waals surface area contributed by atoms with E-state index in [0.29, 0.717) is 24.7 Å². The first-order valence-electron chi connectivity index (χ1n) is 9.12. The Morgan fingerprint density at radius 2 is 1.96 bits per heavy atom. The van der Waals surface area contributed by atoms with Crippen LogP contribution >= 0.6 is 0 Å². The summed E-state index contributed by atoms with van der Waals surface area (Å²) >= 11 is 0. The van der Waals surface area contributed by atoms with Gasteiger partial charge in [0.15, 0.2) is 0 Å². The van der Waals surface area contributed by atoms with E-state index in [0.717, 1.165) is 39.2 Å². The molecule has 1 amide bonds. The molecule has 1 aromatic carbocycles. The quantitative estimate of drug-likeness (QED) is 0.817. The Morgan fingerprint density at radius 1 is 1.24 bits per heavy atom. The molecular weight excluding hydrogens is 321 g/mol. The predicted octanol–water partition coefficient (Wildman–Crippen LogP) is 0.985. The Bertz CT molecular complexity index is 639. The molecule has 3 heterocycles. The van der Waals surface area contributed by atoms with Crippen LogP contribution in [-0.2, 0) is 16.0 Å². The molecule has 6 heteroatoms. The minimum Gasteiger partial charge on any atom is -0.370 e. The Balaban J connectivity index is 1.28. The molecule has 0 aromatic heterocycles. The van der Waals surface area contributed by atoms with Crippen LogP contribution < -0.4 is 0 Å². The second kappa shape index (κ2) is 6.67. The molecule has 3 fully saturated rings. The third kappa shape index (κ3) is 3.43. The molecule has 1 atom stereocenters. The lowest BCUT2D eigenvalue weighted by molar-refractivity contribution is -0.157. The summed E-state index contributed by atoms with van der Waals surface area (Å²) in [6.07, 6.45) is 1.13. The van der Waals surface area contributed by atoms with Crippen LogP contribution in [-0.4, -0.2) is 85.2 Å². The molecule has 0 radical (unpaired) electrons. The van der Waals surface area contributed by atoms with Gasteiger partial charge in [0.05, 0.1) is 26.1 Å². The number of amides is 1. The molecule has 3 saturated heterocycles. The van der Waals surface area contributed by atoms with Crippen LogP contribution in [0.15, 0.2) is 24.3 Å². The molecule has 1 spiro atoms.